The summed E-state index contributed by atoms with van der Waals surface area (Å²) in [4.78, 5) is 8.52. The molecule has 1 fully saturated rings. The molecule has 25 heavy (non-hydrogen) atoms. The summed E-state index contributed by atoms with van der Waals surface area (Å²) in [6.07, 6.45) is 0. The highest BCUT2D eigenvalue weighted by Crippen LogP contribution is 2.26. The predicted molar refractivity (Wildman–Crippen MR) is 92.9 cm³/mol. The predicted octanol–water partition coefficient (Wildman–Crippen LogP) is 1.44. The second kappa shape index (κ2) is 5.40. The van der Waals surface area contributed by atoms with Gasteiger partial charge in [-0.25, -0.2) is 0 Å². The Kier molecular flexibility index (Phi) is 3.41. The highest BCUT2D eigenvalue weighted by molar-refractivity contribution is 5.49. The zero-order valence-corrected chi connectivity index (χ0v) is 15.1. The van der Waals surface area contributed by atoms with Gasteiger partial charge in [0.05, 0.1) is 6.04 Å². The van der Waals surface area contributed by atoms with E-state index in [0.29, 0.717) is 17.9 Å². The zero-order valence-electron chi connectivity index (χ0n) is 15.1. The standard InChI is InChI=1S/C16H22N8O/c1-10-17-15(25-21-10)22(5)11-8-23(9-11)13-7-6-12-18-19-14(16(2,3)4)24(12)20-13/h6-7,11H,8-9H2,1-5H3. The molecule has 0 amide bonds. The molecule has 0 bridgehead atoms. The molecule has 0 radical (unpaired) electrons. The fourth-order valence-electron chi connectivity index (χ4n) is 2.89. The largest absolute Gasteiger partial charge is 0.351 e. The first-order valence-electron chi connectivity index (χ1n) is 8.34. The quantitative estimate of drug-likeness (QED) is 0.706. The van der Waals surface area contributed by atoms with Crippen molar-refractivity contribution in [2.75, 3.05) is 29.9 Å². The molecule has 1 aliphatic rings. The first kappa shape index (κ1) is 15.8. The first-order chi connectivity index (χ1) is 11.8. The summed E-state index contributed by atoms with van der Waals surface area (Å²) in [5.41, 5.74) is 0.655. The Morgan fingerprint density at radius 3 is 2.60 bits per heavy atom. The van der Waals surface area contributed by atoms with E-state index in [1.165, 1.54) is 0 Å². The third-order valence-electron chi connectivity index (χ3n) is 4.47. The third-order valence-corrected chi connectivity index (χ3v) is 4.47. The minimum Gasteiger partial charge on any atom is -0.351 e. The molecule has 4 heterocycles. The molecule has 0 unspecified atom stereocenters. The van der Waals surface area contributed by atoms with Gasteiger partial charge in [0.25, 0.3) is 0 Å². The molecule has 4 rings (SSSR count). The van der Waals surface area contributed by atoms with Crippen LogP contribution in [0.1, 0.15) is 32.4 Å². The molecule has 132 valence electrons. The van der Waals surface area contributed by atoms with Crippen molar-refractivity contribution < 1.29 is 4.52 Å². The Morgan fingerprint density at radius 2 is 1.96 bits per heavy atom. The van der Waals surface area contributed by atoms with Crippen molar-refractivity contribution in [1.82, 2.24) is 30.0 Å². The van der Waals surface area contributed by atoms with Crippen molar-refractivity contribution in [2.45, 2.75) is 39.2 Å². The summed E-state index contributed by atoms with van der Waals surface area (Å²) >= 11 is 0. The van der Waals surface area contributed by atoms with Gasteiger partial charge in [-0.3, -0.25) is 0 Å². The number of aromatic nitrogens is 6. The Balaban J connectivity index is 1.52. The summed E-state index contributed by atoms with van der Waals surface area (Å²) in [6.45, 7) is 9.85. The Labute approximate surface area is 145 Å². The van der Waals surface area contributed by atoms with Gasteiger partial charge in [-0.2, -0.15) is 9.50 Å². The second-order valence-electron chi connectivity index (χ2n) is 7.53. The lowest BCUT2D eigenvalue weighted by Crippen LogP contribution is -2.59. The smallest absolute Gasteiger partial charge is 0.324 e. The maximum Gasteiger partial charge on any atom is 0.324 e. The molecule has 0 aromatic carbocycles. The van der Waals surface area contributed by atoms with E-state index in [2.05, 4.69) is 46.0 Å². The molecule has 1 aliphatic heterocycles. The van der Waals surface area contributed by atoms with Gasteiger partial charge in [-0.1, -0.05) is 25.9 Å². The highest BCUT2D eigenvalue weighted by Gasteiger charge is 2.33. The number of hydrogen-bond acceptors (Lipinski definition) is 8. The van der Waals surface area contributed by atoms with Crippen LogP contribution in [0.4, 0.5) is 11.8 Å². The van der Waals surface area contributed by atoms with Crippen LogP contribution < -0.4 is 9.80 Å². The normalized spacial score (nSPS) is 15.6. The molecular weight excluding hydrogens is 320 g/mol. The monoisotopic (exact) mass is 342 g/mol. The summed E-state index contributed by atoms with van der Waals surface area (Å²) in [6, 6.07) is 4.83. The minimum absolute atomic E-state index is 0.113. The van der Waals surface area contributed by atoms with Crippen LogP contribution in [0.25, 0.3) is 5.65 Å². The van der Waals surface area contributed by atoms with Gasteiger partial charge < -0.3 is 14.3 Å². The first-order valence-corrected chi connectivity index (χ1v) is 8.34. The molecular formula is C16H22N8O. The number of fused-ring (bicyclic) bond motifs is 1. The van der Waals surface area contributed by atoms with E-state index in [0.717, 1.165) is 30.4 Å². The number of nitrogens with zero attached hydrogens (tertiary/aromatic N) is 8. The fraction of sp³-hybridized carbons (Fsp3) is 0.562. The Morgan fingerprint density at radius 1 is 1.20 bits per heavy atom. The van der Waals surface area contributed by atoms with Crippen molar-refractivity contribution in [3.05, 3.63) is 23.8 Å². The van der Waals surface area contributed by atoms with Crippen molar-refractivity contribution in [3.63, 3.8) is 0 Å². The molecule has 3 aromatic heterocycles. The lowest BCUT2D eigenvalue weighted by atomic mass is 9.96. The van der Waals surface area contributed by atoms with Crippen LogP contribution in [0.15, 0.2) is 16.7 Å². The van der Waals surface area contributed by atoms with Gasteiger partial charge in [-0.05, 0) is 19.1 Å². The van der Waals surface area contributed by atoms with Crippen LogP contribution in [0.2, 0.25) is 0 Å². The number of hydrogen-bond donors (Lipinski definition) is 0. The van der Waals surface area contributed by atoms with E-state index in [1.54, 1.807) is 0 Å². The van der Waals surface area contributed by atoms with Crippen molar-refractivity contribution in [3.8, 4) is 0 Å². The third kappa shape index (κ3) is 2.69. The van der Waals surface area contributed by atoms with Gasteiger partial charge >= 0.3 is 6.01 Å². The van der Waals surface area contributed by atoms with Crippen molar-refractivity contribution >= 4 is 17.5 Å². The van der Waals surface area contributed by atoms with E-state index in [-0.39, 0.29) is 5.41 Å². The molecule has 0 saturated carbocycles. The van der Waals surface area contributed by atoms with Crippen LogP contribution in [-0.4, -0.2) is 56.1 Å². The summed E-state index contributed by atoms with van der Waals surface area (Å²) in [5.74, 6) is 2.43. The second-order valence-corrected chi connectivity index (χ2v) is 7.53. The molecule has 0 aliphatic carbocycles. The zero-order chi connectivity index (χ0) is 17.8. The molecule has 1 saturated heterocycles. The van der Waals surface area contributed by atoms with Crippen LogP contribution in [0.3, 0.4) is 0 Å². The van der Waals surface area contributed by atoms with Gasteiger partial charge in [-0.15, -0.1) is 15.3 Å². The minimum atomic E-state index is -0.113. The number of aryl methyl sites for hydroxylation is 1. The Hall–Kier alpha value is -2.71. The molecule has 3 aromatic rings. The topological polar surface area (TPSA) is 88.5 Å². The maximum atomic E-state index is 5.23. The van der Waals surface area contributed by atoms with Crippen molar-refractivity contribution in [2.24, 2.45) is 0 Å². The SMILES string of the molecule is Cc1noc(N(C)C2CN(c3ccc4nnc(C(C)(C)C)n4n3)C2)n1. The lowest BCUT2D eigenvalue weighted by molar-refractivity contribution is 0.387. The summed E-state index contributed by atoms with van der Waals surface area (Å²) in [5, 5.41) is 17.1. The van der Waals surface area contributed by atoms with Crippen LogP contribution >= 0.6 is 0 Å². The lowest BCUT2D eigenvalue weighted by Gasteiger charge is -2.43. The highest BCUT2D eigenvalue weighted by atomic mass is 16.5. The average molecular weight is 342 g/mol. The van der Waals surface area contributed by atoms with E-state index < -0.39 is 0 Å². The van der Waals surface area contributed by atoms with E-state index in [1.807, 2.05) is 35.5 Å². The average Bonchev–Trinajstić information content (AvgIpc) is 3.10. The molecule has 9 heteroatoms. The van der Waals surface area contributed by atoms with Crippen LogP contribution in [-0.2, 0) is 5.41 Å². The maximum absolute atomic E-state index is 5.23. The van der Waals surface area contributed by atoms with E-state index in [9.17, 15) is 0 Å². The molecule has 0 N–H and O–H groups in total. The Bertz CT molecular complexity index is 902. The summed E-state index contributed by atoms with van der Waals surface area (Å²) in [7, 11) is 1.98. The van der Waals surface area contributed by atoms with Gasteiger partial charge in [0.2, 0.25) is 0 Å². The number of anilines is 2. The molecule has 0 spiro atoms. The van der Waals surface area contributed by atoms with Crippen LogP contribution in [0.5, 0.6) is 0 Å². The number of likely N-dealkylation sites (N-methyl/N-ethyl adjacent to an activating group) is 1. The van der Waals surface area contributed by atoms with E-state index >= 15 is 0 Å². The van der Waals surface area contributed by atoms with E-state index in [4.69, 9.17) is 9.62 Å². The van der Waals surface area contributed by atoms with Gasteiger partial charge in [0, 0.05) is 25.6 Å². The van der Waals surface area contributed by atoms with Crippen LogP contribution in [0, 0.1) is 6.92 Å². The molecule has 9 nitrogen and oxygen atoms in total. The van der Waals surface area contributed by atoms with Gasteiger partial charge in [0.15, 0.2) is 17.3 Å². The molecule has 0 atom stereocenters. The van der Waals surface area contributed by atoms with Crippen molar-refractivity contribution in [1.29, 1.82) is 0 Å². The number of rotatable bonds is 3. The summed E-state index contributed by atoms with van der Waals surface area (Å²) < 4.78 is 7.08. The van der Waals surface area contributed by atoms with Gasteiger partial charge in [0.1, 0.15) is 5.82 Å². The fourth-order valence-corrected chi connectivity index (χ4v) is 2.89.